The molecule has 2 unspecified atom stereocenters. The molecule has 0 radical (unpaired) electrons. The van der Waals surface area contributed by atoms with E-state index in [4.69, 9.17) is 4.74 Å². The fourth-order valence-electron chi connectivity index (χ4n) is 2.52. The molecule has 2 rings (SSSR count). The van der Waals surface area contributed by atoms with Crippen LogP contribution in [0.4, 0.5) is 5.69 Å². The first kappa shape index (κ1) is 12.9. The first-order valence-electron chi connectivity index (χ1n) is 6.36. The van der Waals surface area contributed by atoms with Crippen LogP contribution in [0.2, 0.25) is 0 Å². The molecule has 4 heteroatoms. The molecule has 1 aromatic carbocycles. The summed E-state index contributed by atoms with van der Waals surface area (Å²) in [5.74, 6) is -0.0334. The van der Waals surface area contributed by atoms with Gasteiger partial charge in [0.2, 0.25) is 0 Å². The Labute approximate surface area is 108 Å². The van der Waals surface area contributed by atoms with Crippen molar-refractivity contribution >= 4 is 11.6 Å². The van der Waals surface area contributed by atoms with E-state index >= 15 is 0 Å². The summed E-state index contributed by atoms with van der Waals surface area (Å²) >= 11 is 0. The predicted octanol–water partition coefficient (Wildman–Crippen LogP) is 2.03. The highest BCUT2D eigenvalue weighted by Crippen LogP contribution is 2.22. The number of rotatable bonds is 4. The predicted molar refractivity (Wildman–Crippen MR) is 71.9 cm³/mol. The molecule has 0 aromatic heterocycles. The fraction of sp³-hybridized carbons (Fsp3) is 0.500. The number of anilines is 1. The lowest BCUT2D eigenvalue weighted by molar-refractivity contribution is 0.0722. The number of benzene rings is 1. The molecule has 0 spiro atoms. The van der Waals surface area contributed by atoms with Gasteiger partial charge in [0.15, 0.2) is 0 Å². The molecule has 98 valence electrons. The Morgan fingerprint density at radius 3 is 2.83 bits per heavy atom. The molecule has 0 heterocycles. The molecule has 1 aromatic rings. The van der Waals surface area contributed by atoms with E-state index in [9.17, 15) is 4.79 Å². The minimum atomic E-state index is -0.0334. The van der Waals surface area contributed by atoms with Gasteiger partial charge >= 0.3 is 0 Å². The van der Waals surface area contributed by atoms with E-state index in [1.807, 2.05) is 31.3 Å². The van der Waals surface area contributed by atoms with Crippen LogP contribution in [0.1, 0.15) is 29.6 Å². The van der Waals surface area contributed by atoms with E-state index < -0.39 is 0 Å². The Hall–Kier alpha value is -1.55. The lowest BCUT2D eigenvalue weighted by atomic mass is 10.1. The maximum absolute atomic E-state index is 12.2. The van der Waals surface area contributed by atoms with Gasteiger partial charge in [-0.25, -0.2) is 0 Å². The Morgan fingerprint density at radius 2 is 2.11 bits per heavy atom. The van der Waals surface area contributed by atoms with Gasteiger partial charge in [0.05, 0.1) is 17.7 Å². The van der Waals surface area contributed by atoms with Crippen molar-refractivity contribution in [3.63, 3.8) is 0 Å². The Kier molecular flexibility index (Phi) is 4.20. The number of amides is 1. The summed E-state index contributed by atoms with van der Waals surface area (Å²) in [5, 5.41) is 6.10. The molecular formula is C14H20N2O2. The van der Waals surface area contributed by atoms with Gasteiger partial charge in [-0.3, -0.25) is 4.79 Å². The van der Waals surface area contributed by atoms with Crippen LogP contribution in [0, 0.1) is 0 Å². The third-order valence-electron chi connectivity index (χ3n) is 3.51. The number of para-hydroxylation sites is 1. The molecule has 2 N–H and O–H groups in total. The third-order valence-corrected chi connectivity index (χ3v) is 3.51. The molecule has 1 saturated carbocycles. The van der Waals surface area contributed by atoms with Gasteiger partial charge < -0.3 is 15.4 Å². The lowest BCUT2D eigenvalue weighted by Crippen LogP contribution is -2.40. The maximum Gasteiger partial charge on any atom is 0.253 e. The second kappa shape index (κ2) is 5.87. The summed E-state index contributed by atoms with van der Waals surface area (Å²) in [6, 6.07) is 7.65. The monoisotopic (exact) mass is 248 g/mol. The van der Waals surface area contributed by atoms with E-state index in [0.29, 0.717) is 5.56 Å². The summed E-state index contributed by atoms with van der Waals surface area (Å²) in [5.41, 5.74) is 1.53. The van der Waals surface area contributed by atoms with Gasteiger partial charge in [0.25, 0.3) is 5.91 Å². The molecule has 1 amide bonds. The zero-order valence-corrected chi connectivity index (χ0v) is 10.9. The molecule has 18 heavy (non-hydrogen) atoms. The van der Waals surface area contributed by atoms with Crippen LogP contribution in [0.25, 0.3) is 0 Å². The molecular weight excluding hydrogens is 228 g/mol. The highest BCUT2D eigenvalue weighted by molar-refractivity contribution is 5.99. The molecule has 1 aliphatic rings. The van der Waals surface area contributed by atoms with Crippen LogP contribution in [0.15, 0.2) is 24.3 Å². The van der Waals surface area contributed by atoms with E-state index in [2.05, 4.69) is 10.6 Å². The smallest absolute Gasteiger partial charge is 0.253 e. The Morgan fingerprint density at radius 1 is 1.33 bits per heavy atom. The summed E-state index contributed by atoms with van der Waals surface area (Å²) in [6.07, 6.45) is 3.27. The summed E-state index contributed by atoms with van der Waals surface area (Å²) < 4.78 is 5.39. The fourth-order valence-corrected chi connectivity index (χ4v) is 2.52. The van der Waals surface area contributed by atoms with E-state index in [1.54, 1.807) is 7.11 Å². The van der Waals surface area contributed by atoms with Gasteiger partial charge in [-0.2, -0.15) is 0 Å². The average molecular weight is 248 g/mol. The topological polar surface area (TPSA) is 50.4 Å². The number of hydrogen-bond acceptors (Lipinski definition) is 3. The van der Waals surface area contributed by atoms with Crippen LogP contribution in [0.3, 0.4) is 0 Å². The number of ether oxygens (including phenoxy) is 1. The maximum atomic E-state index is 12.2. The number of hydrogen-bond donors (Lipinski definition) is 2. The molecule has 0 aliphatic heterocycles. The average Bonchev–Trinajstić information content (AvgIpc) is 2.85. The molecule has 4 nitrogen and oxygen atoms in total. The molecule has 1 aliphatic carbocycles. The van der Waals surface area contributed by atoms with E-state index in [-0.39, 0.29) is 18.1 Å². The van der Waals surface area contributed by atoms with E-state index in [1.165, 1.54) is 0 Å². The van der Waals surface area contributed by atoms with Crippen molar-refractivity contribution in [2.45, 2.75) is 31.4 Å². The summed E-state index contributed by atoms with van der Waals surface area (Å²) in [7, 11) is 3.52. The molecule has 0 saturated heterocycles. The normalized spacial score (nSPS) is 22.8. The first-order valence-corrected chi connectivity index (χ1v) is 6.36. The summed E-state index contributed by atoms with van der Waals surface area (Å²) in [4.78, 5) is 12.2. The second-order valence-electron chi connectivity index (χ2n) is 4.58. The van der Waals surface area contributed by atoms with Gasteiger partial charge in [0.1, 0.15) is 0 Å². The quantitative estimate of drug-likeness (QED) is 0.857. The number of carbonyl (C=O) groups is 1. The van der Waals surface area contributed by atoms with Crippen LogP contribution in [0.5, 0.6) is 0 Å². The molecule has 1 fully saturated rings. The lowest BCUT2D eigenvalue weighted by Gasteiger charge is -2.20. The number of methoxy groups -OCH3 is 1. The Bertz CT molecular complexity index is 420. The third kappa shape index (κ3) is 2.64. The number of nitrogens with one attached hydrogen (secondary N) is 2. The van der Waals surface area contributed by atoms with Crippen molar-refractivity contribution < 1.29 is 9.53 Å². The zero-order valence-electron chi connectivity index (χ0n) is 10.9. The van der Waals surface area contributed by atoms with Crippen LogP contribution < -0.4 is 10.6 Å². The molecule has 2 atom stereocenters. The SMILES string of the molecule is CNc1ccccc1C(=O)NC1CCCC1OC. The largest absolute Gasteiger partial charge is 0.387 e. The minimum Gasteiger partial charge on any atom is -0.387 e. The van der Waals surface area contributed by atoms with Crippen LogP contribution >= 0.6 is 0 Å². The van der Waals surface area contributed by atoms with Gasteiger partial charge in [-0.05, 0) is 31.4 Å². The first-order chi connectivity index (χ1) is 8.76. The van der Waals surface area contributed by atoms with E-state index in [0.717, 1.165) is 24.9 Å². The van der Waals surface area contributed by atoms with Crippen LogP contribution in [-0.4, -0.2) is 32.2 Å². The van der Waals surface area contributed by atoms with Crippen molar-refractivity contribution in [1.29, 1.82) is 0 Å². The van der Waals surface area contributed by atoms with Crippen molar-refractivity contribution in [3.8, 4) is 0 Å². The van der Waals surface area contributed by atoms with Crippen molar-refractivity contribution in [1.82, 2.24) is 5.32 Å². The van der Waals surface area contributed by atoms with Gasteiger partial charge in [-0.15, -0.1) is 0 Å². The Balaban J connectivity index is 2.07. The summed E-state index contributed by atoms with van der Waals surface area (Å²) in [6.45, 7) is 0. The minimum absolute atomic E-state index is 0.0334. The van der Waals surface area contributed by atoms with Crippen LogP contribution in [-0.2, 0) is 4.74 Å². The second-order valence-corrected chi connectivity index (χ2v) is 4.58. The van der Waals surface area contributed by atoms with Crippen molar-refractivity contribution in [3.05, 3.63) is 29.8 Å². The highest BCUT2D eigenvalue weighted by atomic mass is 16.5. The highest BCUT2D eigenvalue weighted by Gasteiger charge is 2.28. The standard InChI is InChI=1S/C14H20N2O2/c1-15-11-7-4-3-6-10(11)14(17)16-12-8-5-9-13(12)18-2/h3-4,6-7,12-13,15H,5,8-9H2,1-2H3,(H,16,17). The zero-order chi connectivity index (χ0) is 13.0. The van der Waals surface area contributed by atoms with Crippen molar-refractivity contribution in [2.24, 2.45) is 0 Å². The number of carbonyl (C=O) groups excluding carboxylic acids is 1. The van der Waals surface area contributed by atoms with Gasteiger partial charge in [-0.1, -0.05) is 12.1 Å². The van der Waals surface area contributed by atoms with Crippen molar-refractivity contribution in [2.75, 3.05) is 19.5 Å². The molecule has 0 bridgehead atoms. The van der Waals surface area contributed by atoms with Gasteiger partial charge in [0, 0.05) is 19.8 Å².